The number of halogens is 1. The average molecular weight is 262 g/mol. The molecule has 92 valence electrons. The Bertz CT molecular complexity index is 538. The molecule has 2 aromatic carbocycles. The molecule has 2 aromatic rings. The third-order valence-corrected chi connectivity index (χ3v) is 2.81. The maximum Gasteiger partial charge on any atom is 0.119 e. The molecule has 0 amide bonds. The van der Waals surface area contributed by atoms with Crippen molar-refractivity contribution in [3.05, 3.63) is 64.7 Å². The molecule has 0 radical (unpaired) electrons. The van der Waals surface area contributed by atoms with Crippen molar-refractivity contribution in [3.63, 3.8) is 0 Å². The minimum Gasteiger partial charge on any atom is -0.489 e. The van der Waals surface area contributed by atoms with Crippen LogP contribution in [0.1, 0.15) is 11.1 Å². The van der Waals surface area contributed by atoms with Crippen LogP contribution in [0.5, 0.6) is 5.75 Å². The van der Waals surface area contributed by atoms with Gasteiger partial charge < -0.3 is 9.94 Å². The normalized spacial score (nSPS) is 10.7. The fraction of sp³-hybridized carbons (Fsp3) is 0.0714. The lowest BCUT2D eigenvalue weighted by atomic mass is 10.2. The lowest BCUT2D eigenvalue weighted by Crippen LogP contribution is -1.96. The number of nitrogens with zero attached hydrogens (tertiary/aromatic N) is 1. The van der Waals surface area contributed by atoms with Crippen LogP contribution in [0.3, 0.4) is 0 Å². The number of ether oxygens (including phenoxy) is 1. The van der Waals surface area contributed by atoms with E-state index in [0.717, 1.165) is 16.9 Å². The first kappa shape index (κ1) is 12.5. The Kier molecular flexibility index (Phi) is 4.20. The molecule has 0 fully saturated rings. The number of hydrogen-bond acceptors (Lipinski definition) is 3. The van der Waals surface area contributed by atoms with E-state index in [-0.39, 0.29) is 0 Å². The lowest BCUT2D eigenvalue weighted by molar-refractivity contribution is 0.306. The van der Waals surface area contributed by atoms with Gasteiger partial charge in [0, 0.05) is 10.6 Å². The van der Waals surface area contributed by atoms with E-state index in [1.165, 1.54) is 6.21 Å². The van der Waals surface area contributed by atoms with Gasteiger partial charge in [-0.05, 0) is 35.9 Å². The molecule has 0 atom stereocenters. The van der Waals surface area contributed by atoms with Crippen LogP contribution in [0.15, 0.2) is 53.7 Å². The van der Waals surface area contributed by atoms with Gasteiger partial charge in [-0.25, -0.2) is 0 Å². The number of oxime groups is 1. The highest BCUT2D eigenvalue weighted by Crippen LogP contribution is 2.18. The smallest absolute Gasteiger partial charge is 0.119 e. The van der Waals surface area contributed by atoms with Gasteiger partial charge in [-0.2, -0.15) is 0 Å². The van der Waals surface area contributed by atoms with E-state index >= 15 is 0 Å². The summed E-state index contributed by atoms with van der Waals surface area (Å²) in [6, 6.07) is 14.8. The SMILES string of the molecule is O/N=C/c1ccc(OCc2ccccc2Cl)cc1. The molecule has 2 rings (SSSR count). The highest BCUT2D eigenvalue weighted by molar-refractivity contribution is 6.31. The predicted molar refractivity (Wildman–Crippen MR) is 71.6 cm³/mol. The Balaban J connectivity index is 2.00. The molecule has 4 heteroatoms. The first-order valence-electron chi connectivity index (χ1n) is 5.43. The van der Waals surface area contributed by atoms with Crippen molar-refractivity contribution >= 4 is 17.8 Å². The van der Waals surface area contributed by atoms with Crippen molar-refractivity contribution in [1.29, 1.82) is 0 Å². The van der Waals surface area contributed by atoms with Crippen molar-refractivity contribution in [2.24, 2.45) is 5.16 Å². The minimum absolute atomic E-state index is 0.424. The van der Waals surface area contributed by atoms with Gasteiger partial charge >= 0.3 is 0 Å². The molecule has 0 spiro atoms. The fourth-order valence-electron chi connectivity index (χ4n) is 1.49. The average Bonchev–Trinajstić information content (AvgIpc) is 2.40. The maximum absolute atomic E-state index is 8.40. The molecular formula is C14H12ClNO2. The Morgan fingerprint density at radius 2 is 1.83 bits per heavy atom. The monoisotopic (exact) mass is 261 g/mol. The molecule has 18 heavy (non-hydrogen) atoms. The molecule has 1 N–H and O–H groups in total. The Morgan fingerprint density at radius 3 is 2.50 bits per heavy atom. The van der Waals surface area contributed by atoms with Crippen LogP contribution in [-0.4, -0.2) is 11.4 Å². The molecule has 0 saturated carbocycles. The topological polar surface area (TPSA) is 41.8 Å². The van der Waals surface area contributed by atoms with E-state index in [2.05, 4.69) is 5.16 Å². The van der Waals surface area contributed by atoms with Gasteiger partial charge in [0.1, 0.15) is 12.4 Å². The second kappa shape index (κ2) is 6.07. The van der Waals surface area contributed by atoms with Gasteiger partial charge in [0.05, 0.1) is 6.21 Å². The zero-order valence-electron chi connectivity index (χ0n) is 9.58. The van der Waals surface area contributed by atoms with Gasteiger partial charge in [-0.1, -0.05) is 35.0 Å². The highest BCUT2D eigenvalue weighted by Gasteiger charge is 2.00. The van der Waals surface area contributed by atoms with E-state index < -0.39 is 0 Å². The number of hydrogen-bond donors (Lipinski definition) is 1. The third kappa shape index (κ3) is 3.25. The molecule has 0 unspecified atom stereocenters. The zero-order chi connectivity index (χ0) is 12.8. The fourth-order valence-corrected chi connectivity index (χ4v) is 1.68. The van der Waals surface area contributed by atoms with E-state index in [4.69, 9.17) is 21.5 Å². The van der Waals surface area contributed by atoms with E-state index in [9.17, 15) is 0 Å². The van der Waals surface area contributed by atoms with Crippen LogP contribution in [0.2, 0.25) is 5.02 Å². The van der Waals surface area contributed by atoms with Crippen LogP contribution in [0.4, 0.5) is 0 Å². The van der Waals surface area contributed by atoms with Crippen LogP contribution >= 0.6 is 11.6 Å². The van der Waals surface area contributed by atoms with Gasteiger partial charge in [0.2, 0.25) is 0 Å². The van der Waals surface area contributed by atoms with Crippen LogP contribution < -0.4 is 4.74 Å². The van der Waals surface area contributed by atoms with Crippen molar-refractivity contribution in [2.75, 3.05) is 0 Å². The summed E-state index contributed by atoms with van der Waals surface area (Å²) < 4.78 is 5.61. The molecule has 0 aliphatic carbocycles. The van der Waals surface area contributed by atoms with Gasteiger partial charge in [-0.15, -0.1) is 0 Å². The van der Waals surface area contributed by atoms with Crippen molar-refractivity contribution in [3.8, 4) is 5.75 Å². The quantitative estimate of drug-likeness (QED) is 0.518. The molecule has 0 aromatic heterocycles. The van der Waals surface area contributed by atoms with Crippen LogP contribution in [0.25, 0.3) is 0 Å². The van der Waals surface area contributed by atoms with Crippen molar-refractivity contribution in [2.45, 2.75) is 6.61 Å². The van der Waals surface area contributed by atoms with Gasteiger partial charge in [0.25, 0.3) is 0 Å². The maximum atomic E-state index is 8.40. The molecule has 0 aliphatic heterocycles. The first-order chi connectivity index (χ1) is 8.79. The van der Waals surface area contributed by atoms with E-state index in [1.54, 1.807) is 0 Å². The molecule has 0 aliphatic rings. The molecular weight excluding hydrogens is 250 g/mol. The lowest BCUT2D eigenvalue weighted by Gasteiger charge is -2.07. The number of benzene rings is 2. The summed E-state index contributed by atoms with van der Waals surface area (Å²) >= 11 is 6.03. The van der Waals surface area contributed by atoms with Crippen molar-refractivity contribution < 1.29 is 9.94 Å². The van der Waals surface area contributed by atoms with Gasteiger partial charge in [0.15, 0.2) is 0 Å². The summed E-state index contributed by atoms with van der Waals surface area (Å²) in [6.07, 6.45) is 1.36. The number of rotatable bonds is 4. The van der Waals surface area contributed by atoms with E-state index in [1.807, 2.05) is 48.5 Å². The first-order valence-corrected chi connectivity index (χ1v) is 5.81. The summed E-state index contributed by atoms with van der Waals surface area (Å²) in [4.78, 5) is 0. The molecule has 0 bridgehead atoms. The summed E-state index contributed by atoms with van der Waals surface area (Å²) in [7, 11) is 0. The van der Waals surface area contributed by atoms with E-state index in [0.29, 0.717) is 11.6 Å². The zero-order valence-corrected chi connectivity index (χ0v) is 10.3. The standard InChI is InChI=1S/C14H12ClNO2/c15-14-4-2-1-3-12(14)10-18-13-7-5-11(6-8-13)9-16-17/h1-9,17H,10H2/b16-9+. The molecule has 0 heterocycles. The largest absolute Gasteiger partial charge is 0.489 e. The second-order valence-corrected chi connectivity index (χ2v) is 4.10. The second-order valence-electron chi connectivity index (χ2n) is 3.69. The summed E-state index contributed by atoms with van der Waals surface area (Å²) in [5, 5.41) is 12.0. The Labute approximate surface area is 110 Å². The molecule has 3 nitrogen and oxygen atoms in total. The third-order valence-electron chi connectivity index (χ3n) is 2.44. The Morgan fingerprint density at radius 1 is 1.11 bits per heavy atom. The van der Waals surface area contributed by atoms with Gasteiger partial charge in [-0.3, -0.25) is 0 Å². The van der Waals surface area contributed by atoms with Crippen LogP contribution in [0, 0.1) is 0 Å². The summed E-state index contributed by atoms with van der Waals surface area (Å²) in [5.41, 5.74) is 1.75. The highest BCUT2D eigenvalue weighted by atomic mass is 35.5. The minimum atomic E-state index is 0.424. The predicted octanol–water partition coefficient (Wildman–Crippen LogP) is 3.73. The Hall–Kier alpha value is -2.00. The van der Waals surface area contributed by atoms with Crippen LogP contribution in [-0.2, 0) is 6.61 Å². The molecule has 0 saturated heterocycles. The summed E-state index contributed by atoms with van der Waals surface area (Å²) in [6.45, 7) is 0.424. The summed E-state index contributed by atoms with van der Waals surface area (Å²) in [5.74, 6) is 0.741. The van der Waals surface area contributed by atoms with Crippen molar-refractivity contribution in [1.82, 2.24) is 0 Å².